The zero-order chi connectivity index (χ0) is 12.1. The Labute approximate surface area is 103 Å². The van der Waals surface area contributed by atoms with Crippen molar-refractivity contribution in [2.75, 3.05) is 7.11 Å². The van der Waals surface area contributed by atoms with Gasteiger partial charge in [0.15, 0.2) is 0 Å². The second kappa shape index (κ2) is 6.01. The van der Waals surface area contributed by atoms with Crippen LogP contribution in [0.5, 0.6) is 5.88 Å². The van der Waals surface area contributed by atoms with Crippen molar-refractivity contribution < 1.29 is 9.84 Å². The number of hydrogen-bond donors (Lipinski definition) is 1. The number of aromatic nitrogens is 1. The van der Waals surface area contributed by atoms with Gasteiger partial charge in [0.2, 0.25) is 5.88 Å². The van der Waals surface area contributed by atoms with Gasteiger partial charge in [-0.3, -0.25) is 0 Å². The summed E-state index contributed by atoms with van der Waals surface area (Å²) < 4.78 is 5.12. The molecule has 3 heteroatoms. The predicted octanol–water partition coefficient (Wildman–Crippen LogP) is 2.57. The van der Waals surface area contributed by atoms with Crippen LogP contribution >= 0.6 is 0 Å². The lowest BCUT2D eigenvalue weighted by Gasteiger charge is -2.19. The van der Waals surface area contributed by atoms with Crippen molar-refractivity contribution in [3.05, 3.63) is 23.9 Å². The molecule has 17 heavy (non-hydrogen) atoms. The fourth-order valence-corrected chi connectivity index (χ4v) is 2.56. The van der Waals surface area contributed by atoms with Crippen molar-refractivity contribution in [2.45, 2.75) is 44.6 Å². The first-order chi connectivity index (χ1) is 8.29. The van der Waals surface area contributed by atoms with E-state index in [-0.39, 0.29) is 6.10 Å². The summed E-state index contributed by atoms with van der Waals surface area (Å²) in [6, 6.07) is 5.83. The summed E-state index contributed by atoms with van der Waals surface area (Å²) in [4.78, 5) is 4.42. The largest absolute Gasteiger partial charge is 0.481 e. The molecule has 1 N–H and O–H groups in total. The maximum Gasteiger partial charge on any atom is 0.213 e. The molecule has 0 saturated heterocycles. The molecule has 0 aromatic carbocycles. The Morgan fingerprint density at radius 1 is 1.29 bits per heavy atom. The van der Waals surface area contributed by atoms with Crippen molar-refractivity contribution in [3.8, 4) is 5.88 Å². The Morgan fingerprint density at radius 2 is 2.12 bits per heavy atom. The van der Waals surface area contributed by atoms with Crippen LogP contribution in [0.25, 0.3) is 0 Å². The first kappa shape index (κ1) is 12.4. The fraction of sp³-hybridized carbons (Fsp3) is 0.643. The average molecular weight is 235 g/mol. The van der Waals surface area contributed by atoms with E-state index in [0.717, 1.165) is 31.4 Å². The van der Waals surface area contributed by atoms with E-state index >= 15 is 0 Å². The van der Waals surface area contributed by atoms with E-state index in [9.17, 15) is 5.11 Å². The van der Waals surface area contributed by atoms with Gasteiger partial charge in [0.05, 0.1) is 13.2 Å². The number of nitrogens with zero attached hydrogens (tertiary/aromatic N) is 1. The molecule has 94 valence electrons. The molecule has 2 atom stereocenters. The van der Waals surface area contributed by atoms with Crippen LogP contribution in [0.2, 0.25) is 0 Å². The Balaban J connectivity index is 2.02. The number of hydrogen-bond acceptors (Lipinski definition) is 3. The molecule has 0 bridgehead atoms. The van der Waals surface area contributed by atoms with Crippen LogP contribution < -0.4 is 4.74 Å². The van der Waals surface area contributed by atoms with Crippen molar-refractivity contribution in [1.82, 2.24) is 4.98 Å². The second-order valence-electron chi connectivity index (χ2n) is 4.84. The molecule has 1 aliphatic rings. The standard InChI is InChI=1S/C14H21NO2/c1-17-14-9-5-7-12(15-14)10-11-6-3-2-4-8-13(11)16/h5,7,9,11,13,16H,2-4,6,8,10H2,1H3. The van der Waals surface area contributed by atoms with Gasteiger partial charge < -0.3 is 9.84 Å². The Morgan fingerprint density at radius 3 is 2.94 bits per heavy atom. The van der Waals surface area contributed by atoms with E-state index in [1.54, 1.807) is 7.11 Å². The van der Waals surface area contributed by atoms with E-state index in [1.165, 1.54) is 12.8 Å². The molecule has 0 spiro atoms. The molecule has 1 fully saturated rings. The van der Waals surface area contributed by atoms with Crippen LogP contribution in [-0.2, 0) is 6.42 Å². The van der Waals surface area contributed by atoms with E-state index in [1.807, 2.05) is 18.2 Å². The van der Waals surface area contributed by atoms with Crippen molar-refractivity contribution in [3.63, 3.8) is 0 Å². The third kappa shape index (κ3) is 3.43. The first-order valence-electron chi connectivity index (χ1n) is 6.47. The number of aliphatic hydroxyl groups excluding tert-OH is 1. The summed E-state index contributed by atoms with van der Waals surface area (Å²) >= 11 is 0. The maximum absolute atomic E-state index is 10.1. The quantitative estimate of drug-likeness (QED) is 0.819. The highest BCUT2D eigenvalue weighted by atomic mass is 16.5. The third-order valence-corrected chi connectivity index (χ3v) is 3.58. The molecule has 0 radical (unpaired) electrons. The van der Waals surface area contributed by atoms with Crippen molar-refractivity contribution in [1.29, 1.82) is 0 Å². The van der Waals surface area contributed by atoms with Crippen LogP contribution in [-0.4, -0.2) is 23.3 Å². The Bertz CT molecular complexity index is 354. The molecule has 3 nitrogen and oxygen atoms in total. The predicted molar refractivity (Wildman–Crippen MR) is 67.1 cm³/mol. The smallest absolute Gasteiger partial charge is 0.213 e. The van der Waals surface area contributed by atoms with E-state index in [4.69, 9.17) is 4.74 Å². The van der Waals surface area contributed by atoms with Gasteiger partial charge in [0.1, 0.15) is 0 Å². The zero-order valence-corrected chi connectivity index (χ0v) is 10.4. The molecule has 1 heterocycles. The van der Waals surface area contributed by atoms with Crippen LogP contribution in [0.3, 0.4) is 0 Å². The minimum atomic E-state index is -0.162. The van der Waals surface area contributed by atoms with Gasteiger partial charge in [0, 0.05) is 11.8 Å². The summed E-state index contributed by atoms with van der Waals surface area (Å²) in [6.45, 7) is 0. The summed E-state index contributed by atoms with van der Waals surface area (Å²) in [5, 5.41) is 10.1. The monoisotopic (exact) mass is 235 g/mol. The Hall–Kier alpha value is -1.09. The molecule has 1 saturated carbocycles. The molecular formula is C14H21NO2. The molecule has 1 aromatic heterocycles. The number of methoxy groups -OCH3 is 1. The fourth-order valence-electron chi connectivity index (χ4n) is 2.56. The number of ether oxygens (including phenoxy) is 1. The van der Waals surface area contributed by atoms with Crippen LogP contribution in [0.4, 0.5) is 0 Å². The first-order valence-corrected chi connectivity index (χ1v) is 6.47. The lowest BCUT2D eigenvalue weighted by atomic mass is 9.92. The summed E-state index contributed by atoms with van der Waals surface area (Å²) in [5.41, 5.74) is 1.02. The van der Waals surface area contributed by atoms with Crippen molar-refractivity contribution >= 4 is 0 Å². The molecule has 2 rings (SSSR count). The van der Waals surface area contributed by atoms with Gasteiger partial charge in [0.25, 0.3) is 0 Å². The van der Waals surface area contributed by atoms with E-state index in [2.05, 4.69) is 4.98 Å². The average Bonchev–Trinajstić information content (AvgIpc) is 2.55. The topological polar surface area (TPSA) is 42.4 Å². The van der Waals surface area contributed by atoms with E-state index < -0.39 is 0 Å². The van der Waals surface area contributed by atoms with Gasteiger partial charge in [-0.2, -0.15) is 0 Å². The van der Waals surface area contributed by atoms with Crippen LogP contribution in [0.15, 0.2) is 18.2 Å². The third-order valence-electron chi connectivity index (χ3n) is 3.58. The molecule has 0 aliphatic heterocycles. The van der Waals surface area contributed by atoms with Gasteiger partial charge in [-0.05, 0) is 31.2 Å². The highest BCUT2D eigenvalue weighted by molar-refractivity contribution is 5.16. The van der Waals surface area contributed by atoms with Gasteiger partial charge >= 0.3 is 0 Å². The maximum atomic E-state index is 10.1. The molecule has 2 unspecified atom stereocenters. The molecular weight excluding hydrogens is 214 g/mol. The minimum absolute atomic E-state index is 0.162. The lowest BCUT2D eigenvalue weighted by molar-refractivity contribution is 0.1000. The highest BCUT2D eigenvalue weighted by Gasteiger charge is 2.22. The lowest BCUT2D eigenvalue weighted by Crippen LogP contribution is -2.21. The molecule has 0 amide bonds. The minimum Gasteiger partial charge on any atom is -0.481 e. The Kier molecular flexibility index (Phi) is 4.37. The summed E-state index contributed by atoms with van der Waals surface area (Å²) in [6.07, 6.45) is 6.38. The van der Waals surface area contributed by atoms with E-state index in [0.29, 0.717) is 11.8 Å². The molecule has 1 aliphatic carbocycles. The number of rotatable bonds is 3. The van der Waals surface area contributed by atoms with Gasteiger partial charge in [-0.15, -0.1) is 0 Å². The highest BCUT2D eigenvalue weighted by Crippen LogP contribution is 2.26. The zero-order valence-electron chi connectivity index (χ0n) is 10.4. The van der Waals surface area contributed by atoms with Crippen LogP contribution in [0.1, 0.15) is 37.8 Å². The van der Waals surface area contributed by atoms with Crippen LogP contribution in [0, 0.1) is 5.92 Å². The summed E-state index contributed by atoms with van der Waals surface area (Å²) in [5.74, 6) is 1.02. The molecule has 1 aromatic rings. The number of aliphatic hydroxyl groups is 1. The summed E-state index contributed by atoms with van der Waals surface area (Å²) in [7, 11) is 1.63. The van der Waals surface area contributed by atoms with Crippen molar-refractivity contribution in [2.24, 2.45) is 5.92 Å². The normalized spacial score (nSPS) is 25.3. The SMILES string of the molecule is COc1cccc(CC2CCCCCC2O)n1. The van der Waals surface area contributed by atoms with Gasteiger partial charge in [-0.1, -0.05) is 25.3 Å². The second-order valence-corrected chi connectivity index (χ2v) is 4.84. The van der Waals surface area contributed by atoms with Gasteiger partial charge in [-0.25, -0.2) is 4.98 Å². The number of pyridine rings is 1.